The third kappa shape index (κ3) is 3.14. The summed E-state index contributed by atoms with van der Waals surface area (Å²) < 4.78 is 37.6. The fourth-order valence-electron chi connectivity index (χ4n) is 2.40. The summed E-state index contributed by atoms with van der Waals surface area (Å²) >= 11 is 9.49. The van der Waals surface area contributed by atoms with Gasteiger partial charge in [-0.2, -0.15) is 0 Å². The molecule has 1 fully saturated rings. The standard InChI is InChI=1S/C13H15BrClFO2S/c1-8-6-9(10(15)7-11(8)16)13(14)12-4-2-3-5-19(12,17)18/h6-7,12-13H,2-5H2,1H3. The summed E-state index contributed by atoms with van der Waals surface area (Å²) in [5.74, 6) is -0.155. The molecule has 1 aliphatic rings. The maximum atomic E-state index is 13.4. The third-order valence-corrected chi connectivity index (χ3v) is 7.63. The summed E-state index contributed by atoms with van der Waals surface area (Å²) in [5.41, 5.74) is 1.12. The van der Waals surface area contributed by atoms with Gasteiger partial charge in [0.15, 0.2) is 9.84 Å². The van der Waals surface area contributed by atoms with Crippen molar-refractivity contribution in [2.24, 2.45) is 0 Å². The molecule has 1 aromatic carbocycles. The van der Waals surface area contributed by atoms with Crippen molar-refractivity contribution in [3.63, 3.8) is 0 Å². The highest BCUT2D eigenvalue weighted by Crippen LogP contribution is 2.40. The predicted octanol–water partition coefficient (Wildman–Crippen LogP) is 4.19. The van der Waals surface area contributed by atoms with E-state index in [0.717, 1.165) is 6.42 Å². The van der Waals surface area contributed by atoms with Gasteiger partial charge < -0.3 is 0 Å². The van der Waals surface area contributed by atoms with E-state index >= 15 is 0 Å². The Morgan fingerprint density at radius 2 is 2.11 bits per heavy atom. The Bertz CT molecular complexity index is 589. The molecule has 2 unspecified atom stereocenters. The van der Waals surface area contributed by atoms with E-state index in [-0.39, 0.29) is 21.4 Å². The van der Waals surface area contributed by atoms with E-state index in [2.05, 4.69) is 15.9 Å². The molecule has 0 aliphatic carbocycles. The Morgan fingerprint density at radius 1 is 1.42 bits per heavy atom. The highest BCUT2D eigenvalue weighted by molar-refractivity contribution is 9.09. The number of sulfone groups is 1. The van der Waals surface area contributed by atoms with Crippen molar-refractivity contribution in [1.29, 1.82) is 0 Å². The normalized spacial score (nSPS) is 24.1. The zero-order valence-corrected chi connectivity index (χ0v) is 13.7. The molecule has 0 bridgehead atoms. The van der Waals surface area contributed by atoms with Crippen LogP contribution in [-0.4, -0.2) is 19.4 Å². The summed E-state index contributed by atoms with van der Waals surface area (Å²) in [7, 11) is -3.11. The van der Waals surface area contributed by atoms with Crippen LogP contribution in [0.4, 0.5) is 4.39 Å². The summed E-state index contributed by atoms with van der Waals surface area (Å²) in [6.07, 6.45) is 2.23. The smallest absolute Gasteiger partial charge is 0.154 e. The third-order valence-electron chi connectivity index (χ3n) is 3.53. The lowest BCUT2D eigenvalue weighted by atomic mass is 10.0. The molecule has 6 heteroatoms. The molecular weight excluding hydrogens is 355 g/mol. The average Bonchev–Trinajstić information content (AvgIpc) is 2.32. The van der Waals surface area contributed by atoms with E-state index in [4.69, 9.17) is 11.6 Å². The Hall–Kier alpha value is -0.130. The van der Waals surface area contributed by atoms with E-state index in [0.29, 0.717) is 24.0 Å². The van der Waals surface area contributed by atoms with Crippen molar-refractivity contribution in [2.45, 2.75) is 36.3 Å². The number of aryl methyl sites for hydroxylation is 1. The summed E-state index contributed by atoms with van der Waals surface area (Å²) in [6, 6.07) is 2.87. The minimum absolute atomic E-state index is 0.220. The van der Waals surface area contributed by atoms with Gasteiger partial charge >= 0.3 is 0 Å². The van der Waals surface area contributed by atoms with E-state index in [1.807, 2.05) is 0 Å². The first-order valence-corrected chi connectivity index (χ1v) is 9.15. The summed E-state index contributed by atoms with van der Waals surface area (Å²) in [6.45, 7) is 1.64. The van der Waals surface area contributed by atoms with Gasteiger partial charge in [0.2, 0.25) is 0 Å². The van der Waals surface area contributed by atoms with Gasteiger partial charge in [-0.15, -0.1) is 0 Å². The van der Waals surface area contributed by atoms with E-state index in [1.165, 1.54) is 6.07 Å². The second kappa shape index (κ2) is 5.70. The van der Waals surface area contributed by atoms with Crippen molar-refractivity contribution >= 4 is 37.4 Å². The lowest BCUT2D eigenvalue weighted by Crippen LogP contribution is -2.31. The van der Waals surface area contributed by atoms with Gasteiger partial charge in [-0.1, -0.05) is 40.0 Å². The minimum atomic E-state index is -3.11. The topological polar surface area (TPSA) is 34.1 Å². The largest absolute Gasteiger partial charge is 0.228 e. The predicted molar refractivity (Wildman–Crippen MR) is 79.2 cm³/mol. The summed E-state index contributed by atoms with van der Waals surface area (Å²) in [4.78, 5) is -0.385. The van der Waals surface area contributed by atoms with E-state index in [1.54, 1.807) is 13.0 Å². The zero-order valence-electron chi connectivity index (χ0n) is 10.5. The first-order chi connectivity index (χ1) is 8.83. The second-order valence-electron chi connectivity index (χ2n) is 4.93. The fourth-order valence-corrected chi connectivity index (χ4v) is 6.37. The van der Waals surface area contributed by atoms with Crippen molar-refractivity contribution in [3.8, 4) is 0 Å². The summed E-state index contributed by atoms with van der Waals surface area (Å²) in [5, 5.41) is -0.214. The number of alkyl halides is 1. The van der Waals surface area contributed by atoms with Crippen LogP contribution >= 0.6 is 27.5 Å². The van der Waals surface area contributed by atoms with Crippen molar-refractivity contribution in [3.05, 3.63) is 34.1 Å². The van der Waals surface area contributed by atoms with Crippen LogP contribution in [0.15, 0.2) is 12.1 Å². The Labute approximate surface area is 126 Å². The average molecular weight is 370 g/mol. The van der Waals surface area contributed by atoms with Gasteiger partial charge in [0.05, 0.1) is 15.8 Å². The molecule has 0 N–H and O–H groups in total. The van der Waals surface area contributed by atoms with Crippen LogP contribution in [0, 0.1) is 12.7 Å². The molecule has 106 valence electrons. The number of benzene rings is 1. The van der Waals surface area contributed by atoms with E-state index in [9.17, 15) is 12.8 Å². The van der Waals surface area contributed by atoms with Gasteiger partial charge in [-0.25, -0.2) is 12.8 Å². The van der Waals surface area contributed by atoms with Gasteiger partial charge in [0.1, 0.15) is 5.82 Å². The molecule has 2 rings (SSSR count). The zero-order chi connectivity index (χ0) is 14.2. The molecule has 0 aromatic heterocycles. The Balaban J connectivity index is 2.39. The van der Waals surface area contributed by atoms with Gasteiger partial charge in [-0.05, 0) is 37.0 Å². The molecule has 1 heterocycles. The van der Waals surface area contributed by atoms with Gasteiger partial charge in [0.25, 0.3) is 0 Å². The highest BCUT2D eigenvalue weighted by atomic mass is 79.9. The molecule has 1 aliphatic heterocycles. The van der Waals surface area contributed by atoms with Gasteiger partial charge in [-0.3, -0.25) is 0 Å². The molecule has 0 spiro atoms. The van der Waals surface area contributed by atoms with Crippen molar-refractivity contribution < 1.29 is 12.8 Å². The first kappa shape index (κ1) is 15.3. The quantitative estimate of drug-likeness (QED) is 0.733. The van der Waals surface area contributed by atoms with Gasteiger partial charge in [0, 0.05) is 5.02 Å². The maximum Gasteiger partial charge on any atom is 0.154 e. The molecule has 2 atom stereocenters. The van der Waals surface area contributed by atoms with Crippen LogP contribution in [0.1, 0.15) is 35.2 Å². The number of rotatable bonds is 2. The number of hydrogen-bond acceptors (Lipinski definition) is 2. The van der Waals surface area contributed by atoms with Crippen LogP contribution in [0.2, 0.25) is 5.02 Å². The molecule has 0 saturated carbocycles. The monoisotopic (exact) mass is 368 g/mol. The number of hydrogen-bond donors (Lipinski definition) is 0. The molecule has 0 amide bonds. The first-order valence-electron chi connectivity index (χ1n) is 6.14. The van der Waals surface area contributed by atoms with Crippen LogP contribution in [0.3, 0.4) is 0 Å². The highest BCUT2D eigenvalue weighted by Gasteiger charge is 2.36. The second-order valence-corrected chi connectivity index (χ2v) is 8.66. The SMILES string of the molecule is Cc1cc(C(Br)C2CCCCS2(=O)=O)c(Cl)cc1F. The molecule has 1 aromatic rings. The van der Waals surface area contributed by atoms with Crippen LogP contribution < -0.4 is 0 Å². The minimum Gasteiger partial charge on any atom is -0.228 e. The fraction of sp³-hybridized carbons (Fsp3) is 0.538. The molecule has 2 nitrogen and oxygen atoms in total. The maximum absolute atomic E-state index is 13.4. The lowest BCUT2D eigenvalue weighted by Gasteiger charge is -2.27. The van der Waals surface area contributed by atoms with Crippen LogP contribution in [0.25, 0.3) is 0 Å². The van der Waals surface area contributed by atoms with Crippen LogP contribution in [-0.2, 0) is 9.84 Å². The lowest BCUT2D eigenvalue weighted by molar-refractivity contribution is 0.536. The van der Waals surface area contributed by atoms with Crippen molar-refractivity contribution in [2.75, 3.05) is 5.75 Å². The van der Waals surface area contributed by atoms with E-state index < -0.39 is 15.1 Å². The molecule has 19 heavy (non-hydrogen) atoms. The molecule has 0 radical (unpaired) electrons. The van der Waals surface area contributed by atoms with Crippen molar-refractivity contribution in [1.82, 2.24) is 0 Å². The van der Waals surface area contributed by atoms with Crippen LogP contribution in [0.5, 0.6) is 0 Å². The molecule has 1 saturated heterocycles. The molecular formula is C13H15BrClFO2S. The Morgan fingerprint density at radius 3 is 2.74 bits per heavy atom. The number of halogens is 3. The Kier molecular flexibility index (Phi) is 4.58.